The van der Waals surface area contributed by atoms with Crippen molar-refractivity contribution in [3.05, 3.63) is 17.7 Å². The van der Waals surface area contributed by atoms with Crippen LogP contribution in [0.2, 0.25) is 0 Å². The number of hydrogen-bond donors (Lipinski definition) is 1. The smallest absolute Gasteiger partial charge is 0.231 e. The zero-order valence-electron chi connectivity index (χ0n) is 12.6. The van der Waals surface area contributed by atoms with Crippen molar-refractivity contribution >= 4 is 0 Å². The van der Waals surface area contributed by atoms with Crippen molar-refractivity contribution in [1.82, 2.24) is 5.32 Å². The predicted molar refractivity (Wildman–Crippen MR) is 76.5 cm³/mol. The summed E-state index contributed by atoms with van der Waals surface area (Å²) in [5.41, 5.74) is 1.10. The molecule has 1 aromatic rings. The molecule has 2 rings (SSSR count). The second-order valence-electron chi connectivity index (χ2n) is 5.22. The molecule has 1 aromatic carbocycles. The van der Waals surface area contributed by atoms with Crippen molar-refractivity contribution in [2.45, 2.75) is 26.4 Å². The summed E-state index contributed by atoms with van der Waals surface area (Å²) in [6, 6.07) is 4.28. The number of hydrogen-bond acceptors (Lipinski definition) is 5. The molecule has 0 saturated carbocycles. The van der Waals surface area contributed by atoms with Gasteiger partial charge in [0.1, 0.15) is 0 Å². The second kappa shape index (κ2) is 6.81. The maximum Gasteiger partial charge on any atom is 0.231 e. The molecule has 1 aliphatic heterocycles. The monoisotopic (exact) mass is 281 g/mol. The Morgan fingerprint density at radius 2 is 2.05 bits per heavy atom. The van der Waals surface area contributed by atoms with Crippen LogP contribution in [0.1, 0.15) is 19.4 Å². The van der Waals surface area contributed by atoms with Crippen LogP contribution in [0.25, 0.3) is 0 Å². The Labute approximate surface area is 120 Å². The maximum absolute atomic E-state index is 5.43. The van der Waals surface area contributed by atoms with Gasteiger partial charge in [-0.25, -0.2) is 0 Å². The van der Waals surface area contributed by atoms with Crippen molar-refractivity contribution in [2.24, 2.45) is 5.92 Å². The second-order valence-corrected chi connectivity index (χ2v) is 5.22. The van der Waals surface area contributed by atoms with Crippen molar-refractivity contribution < 1.29 is 18.9 Å². The van der Waals surface area contributed by atoms with Gasteiger partial charge < -0.3 is 24.3 Å². The molecule has 1 atom stereocenters. The van der Waals surface area contributed by atoms with E-state index in [9.17, 15) is 0 Å². The van der Waals surface area contributed by atoms with Crippen LogP contribution in [0.15, 0.2) is 12.1 Å². The molecule has 0 aromatic heterocycles. The third-order valence-electron chi connectivity index (χ3n) is 3.44. The summed E-state index contributed by atoms with van der Waals surface area (Å²) in [6.45, 7) is 6.03. The Morgan fingerprint density at radius 1 is 1.25 bits per heavy atom. The molecule has 0 aliphatic carbocycles. The van der Waals surface area contributed by atoms with Crippen LogP contribution >= 0.6 is 0 Å². The fourth-order valence-electron chi connectivity index (χ4n) is 2.20. The molecule has 0 fully saturated rings. The van der Waals surface area contributed by atoms with Crippen LogP contribution in [0.3, 0.4) is 0 Å². The Balaban J connectivity index is 2.06. The molecule has 20 heavy (non-hydrogen) atoms. The first kappa shape index (κ1) is 14.9. The van der Waals surface area contributed by atoms with E-state index in [0.29, 0.717) is 30.1 Å². The fourth-order valence-corrected chi connectivity index (χ4v) is 2.20. The minimum atomic E-state index is 0.251. The van der Waals surface area contributed by atoms with Crippen molar-refractivity contribution in [2.75, 3.05) is 27.6 Å². The van der Waals surface area contributed by atoms with E-state index >= 15 is 0 Å². The van der Waals surface area contributed by atoms with Crippen LogP contribution in [-0.2, 0) is 11.3 Å². The molecule has 5 heteroatoms. The van der Waals surface area contributed by atoms with Crippen LogP contribution < -0.4 is 19.5 Å². The maximum atomic E-state index is 5.43. The van der Waals surface area contributed by atoms with Crippen molar-refractivity contribution in [3.8, 4) is 17.2 Å². The molecule has 0 bridgehead atoms. The molecule has 5 nitrogen and oxygen atoms in total. The molecule has 1 heterocycles. The number of nitrogens with one attached hydrogen (secondary N) is 1. The van der Waals surface area contributed by atoms with Gasteiger partial charge in [-0.05, 0) is 23.6 Å². The minimum absolute atomic E-state index is 0.251. The summed E-state index contributed by atoms with van der Waals surface area (Å²) >= 11 is 0. The normalized spacial score (nSPS) is 14.7. The van der Waals surface area contributed by atoms with Crippen LogP contribution in [0, 0.1) is 5.92 Å². The topological polar surface area (TPSA) is 49.0 Å². The summed E-state index contributed by atoms with van der Waals surface area (Å²) < 4.78 is 21.4. The summed E-state index contributed by atoms with van der Waals surface area (Å²) in [7, 11) is 3.36. The van der Waals surface area contributed by atoms with E-state index in [1.54, 1.807) is 14.2 Å². The zero-order valence-corrected chi connectivity index (χ0v) is 12.6. The van der Waals surface area contributed by atoms with Gasteiger partial charge >= 0.3 is 0 Å². The zero-order chi connectivity index (χ0) is 14.5. The third kappa shape index (κ3) is 3.35. The molecule has 112 valence electrons. The molecule has 0 saturated heterocycles. The average Bonchev–Trinajstić information content (AvgIpc) is 2.90. The average molecular weight is 281 g/mol. The van der Waals surface area contributed by atoms with Crippen LogP contribution in [-0.4, -0.2) is 33.7 Å². The van der Waals surface area contributed by atoms with Gasteiger partial charge in [0.25, 0.3) is 0 Å². The van der Waals surface area contributed by atoms with Crippen molar-refractivity contribution in [1.29, 1.82) is 0 Å². The van der Waals surface area contributed by atoms with E-state index in [0.717, 1.165) is 17.9 Å². The van der Waals surface area contributed by atoms with Gasteiger partial charge in [-0.3, -0.25) is 0 Å². The first-order valence-electron chi connectivity index (χ1n) is 6.84. The summed E-state index contributed by atoms with van der Waals surface area (Å²) in [5.74, 6) is 2.65. The number of methoxy groups -OCH3 is 2. The van der Waals surface area contributed by atoms with Gasteiger partial charge in [-0.1, -0.05) is 13.8 Å². The highest BCUT2D eigenvalue weighted by Gasteiger charge is 2.20. The molecule has 0 spiro atoms. The predicted octanol–water partition coefficient (Wildman–Crippen LogP) is 2.18. The van der Waals surface area contributed by atoms with Crippen LogP contribution in [0.4, 0.5) is 0 Å². The number of benzene rings is 1. The van der Waals surface area contributed by atoms with Crippen LogP contribution in [0.5, 0.6) is 17.2 Å². The molecular weight excluding hydrogens is 258 g/mol. The van der Waals surface area contributed by atoms with Gasteiger partial charge in [0.05, 0.1) is 13.7 Å². The Bertz CT molecular complexity index is 448. The van der Waals surface area contributed by atoms with Gasteiger partial charge in [-0.15, -0.1) is 0 Å². The van der Waals surface area contributed by atoms with E-state index in [1.165, 1.54) is 0 Å². The molecule has 0 amide bonds. The van der Waals surface area contributed by atoms with Gasteiger partial charge in [0, 0.05) is 19.7 Å². The van der Waals surface area contributed by atoms with E-state index in [4.69, 9.17) is 18.9 Å². The van der Waals surface area contributed by atoms with E-state index in [1.807, 2.05) is 12.1 Å². The highest BCUT2D eigenvalue weighted by Crippen LogP contribution is 2.41. The molecule has 1 N–H and O–H groups in total. The van der Waals surface area contributed by atoms with E-state index in [2.05, 4.69) is 19.2 Å². The summed E-state index contributed by atoms with van der Waals surface area (Å²) in [5, 5.41) is 3.50. The molecule has 1 aliphatic rings. The number of rotatable bonds is 7. The fraction of sp³-hybridized carbons (Fsp3) is 0.600. The SMILES string of the molecule is COCC(NCc1cc(OC)c2c(c1)OCO2)C(C)C. The Kier molecular flexibility index (Phi) is 5.09. The largest absolute Gasteiger partial charge is 0.493 e. The lowest BCUT2D eigenvalue weighted by Crippen LogP contribution is -2.37. The quantitative estimate of drug-likeness (QED) is 0.830. The molecule has 1 unspecified atom stereocenters. The number of ether oxygens (including phenoxy) is 4. The van der Waals surface area contributed by atoms with E-state index < -0.39 is 0 Å². The lowest BCUT2D eigenvalue weighted by molar-refractivity contribution is 0.146. The standard InChI is InChI=1S/C15H23NO4/c1-10(2)12(8-17-3)16-7-11-5-13(18-4)15-14(6-11)19-9-20-15/h5-6,10,12,16H,7-9H2,1-4H3. The van der Waals surface area contributed by atoms with Crippen molar-refractivity contribution in [3.63, 3.8) is 0 Å². The third-order valence-corrected chi connectivity index (χ3v) is 3.44. The first-order chi connectivity index (χ1) is 9.65. The van der Waals surface area contributed by atoms with E-state index in [-0.39, 0.29) is 6.79 Å². The molecule has 0 radical (unpaired) electrons. The molecular formula is C15H23NO4. The highest BCUT2D eigenvalue weighted by atomic mass is 16.7. The summed E-state index contributed by atoms with van der Waals surface area (Å²) in [4.78, 5) is 0. The van der Waals surface area contributed by atoms with Gasteiger partial charge in [0.15, 0.2) is 11.5 Å². The Hall–Kier alpha value is -1.46. The van der Waals surface area contributed by atoms with Gasteiger partial charge in [0.2, 0.25) is 12.5 Å². The lowest BCUT2D eigenvalue weighted by atomic mass is 10.0. The highest BCUT2D eigenvalue weighted by molar-refractivity contribution is 5.55. The number of fused-ring (bicyclic) bond motifs is 1. The first-order valence-corrected chi connectivity index (χ1v) is 6.84. The Morgan fingerprint density at radius 3 is 2.70 bits per heavy atom. The summed E-state index contributed by atoms with van der Waals surface area (Å²) in [6.07, 6.45) is 0. The minimum Gasteiger partial charge on any atom is -0.493 e. The van der Waals surface area contributed by atoms with Gasteiger partial charge in [-0.2, -0.15) is 0 Å². The lowest BCUT2D eigenvalue weighted by Gasteiger charge is -2.21.